The number of hydrogen-bond donors (Lipinski definition) is 0. The number of thiazole rings is 1. The van der Waals surface area contributed by atoms with Gasteiger partial charge in [0.2, 0.25) is 5.91 Å². The van der Waals surface area contributed by atoms with Crippen molar-refractivity contribution in [3.63, 3.8) is 0 Å². The van der Waals surface area contributed by atoms with Gasteiger partial charge in [0.25, 0.3) is 0 Å². The molecule has 0 bridgehead atoms. The number of amides is 1. The number of benzene rings is 2. The molecule has 1 aromatic heterocycles. The van der Waals surface area contributed by atoms with Gasteiger partial charge in [-0.3, -0.25) is 4.79 Å². The molecule has 0 spiro atoms. The monoisotopic (exact) mass is 422 g/mol. The number of hydrogen-bond acceptors (Lipinski definition) is 4. The van der Waals surface area contributed by atoms with Crippen LogP contribution in [0.2, 0.25) is 5.02 Å². The van der Waals surface area contributed by atoms with Crippen molar-refractivity contribution in [2.75, 3.05) is 5.75 Å². The summed E-state index contributed by atoms with van der Waals surface area (Å²) in [5.41, 5.74) is 0.977. The second kappa shape index (κ2) is 8.37. The minimum Gasteiger partial charge on any atom is -0.317 e. The summed E-state index contributed by atoms with van der Waals surface area (Å²) in [5, 5.41) is 0.635. The lowest BCUT2D eigenvalue weighted by Gasteiger charge is -2.03. The molecule has 0 aliphatic heterocycles. The lowest BCUT2D eigenvalue weighted by atomic mass is 10.3. The SMILES string of the molecule is CCn1c(=NC(=O)CCCS(=O)(=O)c2ccccc2)sc2cc(Cl)ccc21. The maximum atomic E-state index is 12.3. The van der Waals surface area contributed by atoms with Gasteiger partial charge in [0.1, 0.15) is 0 Å². The first-order valence-electron chi connectivity index (χ1n) is 8.55. The van der Waals surface area contributed by atoms with Crippen LogP contribution in [0.3, 0.4) is 0 Å². The molecule has 3 rings (SSSR count). The Morgan fingerprint density at radius 1 is 1.19 bits per heavy atom. The number of carbonyl (C=O) groups excluding carboxylic acids is 1. The number of sulfone groups is 1. The zero-order valence-electron chi connectivity index (χ0n) is 14.8. The van der Waals surface area contributed by atoms with Crippen LogP contribution in [-0.2, 0) is 21.2 Å². The van der Waals surface area contributed by atoms with E-state index in [2.05, 4.69) is 4.99 Å². The van der Waals surface area contributed by atoms with E-state index in [9.17, 15) is 13.2 Å². The molecule has 1 heterocycles. The first-order valence-corrected chi connectivity index (χ1v) is 11.4. The van der Waals surface area contributed by atoms with Crippen LogP contribution in [0.5, 0.6) is 0 Å². The number of rotatable bonds is 6. The van der Waals surface area contributed by atoms with Crippen LogP contribution >= 0.6 is 22.9 Å². The number of aromatic nitrogens is 1. The molecule has 0 saturated heterocycles. The fourth-order valence-electron chi connectivity index (χ4n) is 2.76. The summed E-state index contributed by atoms with van der Waals surface area (Å²) in [6, 6.07) is 13.8. The molecule has 3 aromatic rings. The molecular formula is C19H19ClN2O3S2. The summed E-state index contributed by atoms with van der Waals surface area (Å²) >= 11 is 7.43. The van der Waals surface area contributed by atoms with Crippen molar-refractivity contribution in [2.45, 2.75) is 31.2 Å². The third-order valence-electron chi connectivity index (χ3n) is 4.09. The molecule has 5 nitrogen and oxygen atoms in total. The highest BCUT2D eigenvalue weighted by molar-refractivity contribution is 7.91. The van der Waals surface area contributed by atoms with Crippen LogP contribution in [0.4, 0.5) is 0 Å². The summed E-state index contributed by atoms with van der Waals surface area (Å²) in [4.78, 5) is 17.3. The van der Waals surface area contributed by atoms with Crippen LogP contribution in [0, 0.1) is 0 Å². The van der Waals surface area contributed by atoms with Gasteiger partial charge in [0.15, 0.2) is 14.6 Å². The molecule has 0 atom stereocenters. The molecule has 0 aliphatic rings. The first-order chi connectivity index (χ1) is 12.9. The highest BCUT2D eigenvalue weighted by Crippen LogP contribution is 2.21. The third-order valence-corrected chi connectivity index (χ3v) is 7.18. The van der Waals surface area contributed by atoms with Gasteiger partial charge in [-0.05, 0) is 43.7 Å². The largest absolute Gasteiger partial charge is 0.317 e. The van der Waals surface area contributed by atoms with Crippen LogP contribution in [-0.4, -0.2) is 24.6 Å². The molecule has 0 aliphatic carbocycles. The molecule has 0 saturated carbocycles. The molecule has 0 N–H and O–H groups in total. The van der Waals surface area contributed by atoms with Crippen LogP contribution in [0.15, 0.2) is 58.4 Å². The van der Waals surface area contributed by atoms with Crippen molar-refractivity contribution >= 4 is 48.9 Å². The molecular weight excluding hydrogens is 404 g/mol. The van der Waals surface area contributed by atoms with E-state index >= 15 is 0 Å². The number of nitrogens with zero attached hydrogens (tertiary/aromatic N) is 2. The quantitative estimate of drug-likeness (QED) is 0.601. The van der Waals surface area contributed by atoms with Crippen molar-refractivity contribution in [2.24, 2.45) is 4.99 Å². The summed E-state index contributed by atoms with van der Waals surface area (Å²) < 4.78 is 27.4. The van der Waals surface area contributed by atoms with Crippen molar-refractivity contribution in [1.82, 2.24) is 4.57 Å². The average molecular weight is 423 g/mol. The summed E-state index contributed by atoms with van der Waals surface area (Å²) in [6.07, 6.45) is 0.327. The molecule has 0 fully saturated rings. The molecule has 0 unspecified atom stereocenters. The lowest BCUT2D eigenvalue weighted by Crippen LogP contribution is -2.16. The van der Waals surface area contributed by atoms with Gasteiger partial charge in [-0.2, -0.15) is 4.99 Å². The molecule has 1 amide bonds. The highest BCUT2D eigenvalue weighted by Gasteiger charge is 2.14. The lowest BCUT2D eigenvalue weighted by molar-refractivity contribution is -0.118. The van der Waals surface area contributed by atoms with Gasteiger partial charge >= 0.3 is 0 Å². The summed E-state index contributed by atoms with van der Waals surface area (Å²) in [7, 11) is -3.38. The number of aryl methyl sites for hydroxylation is 1. The minimum atomic E-state index is -3.38. The van der Waals surface area contributed by atoms with Crippen LogP contribution in [0.25, 0.3) is 10.2 Å². The van der Waals surface area contributed by atoms with Crippen molar-refractivity contribution in [3.8, 4) is 0 Å². The molecule has 142 valence electrons. The van der Waals surface area contributed by atoms with Gasteiger partial charge in [-0.15, -0.1) is 0 Å². The Hall–Kier alpha value is -1.96. The van der Waals surface area contributed by atoms with Gasteiger partial charge < -0.3 is 4.57 Å². The molecule has 2 aromatic carbocycles. The predicted molar refractivity (Wildman–Crippen MR) is 109 cm³/mol. The standard InChI is InChI=1S/C19H19ClN2O3S2/c1-2-22-16-11-10-14(20)13-17(16)26-19(22)21-18(23)9-6-12-27(24,25)15-7-4-3-5-8-15/h3-5,7-8,10-11,13H,2,6,9,12H2,1H3. The first kappa shape index (κ1) is 19.8. The Labute approximate surface area is 166 Å². The van der Waals surface area contributed by atoms with E-state index in [1.54, 1.807) is 30.3 Å². The number of halogens is 1. The van der Waals surface area contributed by atoms with Crippen molar-refractivity contribution < 1.29 is 13.2 Å². The van der Waals surface area contributed by atoms with Crippen molar-refractivity contribution in [3.05, 3.63) is 58.4 Å². The highest BCUT2D eigenvalue weighted by atomic mass is 35.5. The van der Waals surface area contributed by atoms with Gasteiger partial charge in [0.05, 0.1) is 20.9 Å². The Kier molecular flexibility index (Phi) is 6.14. The fourth-order valence-corrected chi connectivity index (χ4v) is 5.48. The van der Waals surface area contributed by atoms with E-state index in [4.69, 9.17) is 11.6 Å². The second-order valence-corrected chi connectivity index (χ2v) is 9.54. The van der Waals surface area contributed by atoms with E-state index in [1.165, 1.54) is 11.3 Å². The van der Waals surface area contributed by atoms with Crippen molar-refractivity contribution in [1.29, 1.82) is 0 Å². The van der Waals surface area contributed by atoms with Crippen LogP contribution in [0.1, 0.15) is 19.8 Å². The molecule has 27 heavy (non-hydrogen) atoms. The average Bonchev–Trinajstić information content (AvgIpc) is 2.98. The van der Waals surface area contributed by atoms with E-state index < -0.39 is 9.84 Å². The maximum Gasteiger partial charge on any atom is 0.248 e. The predicted octanol–water partition coefficient (Wildman–Crippen LogP) is 4.06. The zero-order chi connectivity index (χ0) is 19.4. The number of carbonyl (C=O) groups is 1. The maximum absolute atomic E-state index is 12.3. The zero-order valence-corrected chi connectivity index (χ0v) is 17.1. The Balaban J connectivity index is 1.73. The Morgan fingerprint density at radius 3 is 2.63 bits per heavy atom. The number of fused-ring (bicyclic) bond motifs is 1. The third kappa shape index (κ3) is 4.66. The molecule has 8 heteroatoms. The van der Waals surface area contributed by atoms with E-state index in [1.807, 2.05) is 29.7 Å². The van der Waals surface area contributed by atoms with E-state index in [0.29, 0.717) is 16.4 Å². The topological polar surface area (TPSA) is 68.5 Å². The van der Waals surface area contributed by atoms with Gasteiger partial charge in [-0.25, -0.2) is 8.42 Å². The molecule has 0 radical (unpaired) electrons. The normalized spacial score (nSPS) is 12.6. The van der Waals surface area contributed by atoms with Gasteiger partial charge in [0, 0.05) is 18.0 Å². The fraction of sp³-hybridized carbons (Fsp3) is 0.263. The second-order valence-electron chi connectivity index (χ2n) is 5.98. The van der Waals surface area contributed by atoms with E-state index in [0.717, 1.165) is 10.2 Å². The van der Waals surface area contributed by atoms with E-state index in [-0.39, 0.29) is 29.4 Å². The van der Waals surface area contributed by atoms with Gasteiger partial charge in [-0.1, -0.05) is 41.1 Å². The Morgan fingerprint density at radius 2 is 1.93 bits per heavy atom. The Bertz CT molecular complexity index is 1130. The smallest absolute Gasteiger partial charge is 0.248 e. The summed E-state index contributed by atoms with van der Waals surface area (Å²) in [5.74, 6) is -0.397. The summed E-state index contributed by atoms with van der Waals surface area (Å²) in [6.45, 7) is 2.66. The van der Waals surface area contributed by atoms with Crippen LogP contribution < -0.4 is 4.80 Å². The minimum absolute atomic E-state index is 0.0753.